The van der Waals surface area contributed by atoms with Gasteiger partial charge in [-0.25, -0.2) is 0 Å². The zero-order chi connectivity index (χ0) is 9.52. The van der Waals surface area contributed by atoms with Crippen LogP contribution >= 0.6 is 0 Å². The number of ether oxygens (including phenoxy) is 1. The molecule has 1 atom stereocenters. The fraction of sp³-hybridized carbons (Fsp3) is 1.00. The van der Waals surface area contributed by atoms with Gasteiger partial charge >= 0.3 is 0 Å². The maximum absolute atomic E-state index is 8.94. The predicted molar refractivity (Wildman–Crippen MR) is 52.7 cm³/mol. The van der Waals surface area contributed by atoms with E-state index in [0.29, 0.717) is 12.5 Å². The van der Waals surface area contributed by atoms with Gasteiger partial charge < -0.3 is 14.7 Å². The summed E-state index contributed by atoms with van der Waals surface area (Å²) in [6.07, 6.45) is 2.27. The van der Waals surface area contributed by atoms with E-state index in [4.69, 9.17) is 9.84 Å². The third-order valence-electron chi connectivity index (χ3n) is 2.60. The summed E-state index contributed by atoms with van der Waals surface area (Å²) in [6, 6.07) is 0. The van der Waals surface area contributed by atoms with Crippen molar-refractivity contribution >= 4 is 0 Å². The van der Waals surface area contributed by atoms with Gasteiger partial charge in [0.1, 0.15) is 0 Å². The Morgan fingerprint density at radius 3 is 3.00 bits per heavy atom. The van der Waals surface area contributed by atoms with E-state index in [1.807, 2.05) is 6.92 Å². The van der Waals surface area contributed by atoms with Crippen molar-refractivity contribution in [1.82, 2.24) is 4.90 Å². The SMILES string of the molecule is CCOCCCN1CCC(CO)C1. The number of nitrogens with zero attached hydrogens (tertiary/aromatic N) is 1. The average Bonchev–Trinajstić information content (AvgIpc) is 2.60. The molecule has 78 valence electrons. The van der Waals surface area contributed by atoms with Crippen molar-refractivity contribution in [2.45, 2.75) is 19.8 Å². The van der Waals surface area contributed by atoms with E-state index in [9.17, 15) is 0 Å². The molecule has 0 aromatic carbocycles. The first kappa shape index (κ1) is 11.0. The van der Waals surface area contributed by atoms with Crippen LogP contribution in [0.15, 0.2) is 0 Å². The number of aliphatic hydroxyl groups excluding tert-OH is 1. The molecule has 1 unspecified atom stereocenters. The molecule has 0 saturated carbocycles. The minimum atomic E-state index is 0.349. The second kappa shape index (κ2) is 6.35. The zero-order valence-corrected chi connectivity index (χ0v) is 8.54. The summed E-state index contributed by atoms with van der Waals surface area (Å²) in [6.45, 7) is 7.41. The molecule has 0 aromatic rings. The molecule has 0 amide bonds. The van der Waals surface area contributed by atoms with Gasteiger partial charge in [0.05, 0.1) is 0 Å². The maximum atomic E-state index is 8.94. The van der Waals surface area contributed by atoms with Crippen molar-refractivity contribution in [3.63, 3.8) is 0 Å². The highest BCUT2D eigenvalue weighted by Crippen LogP contribution is 2.14. The van der Waals surface area contributed by atoms with E-state index in [0.717, 1.165) is 45.7 Å². The summed E-state index contributed by atoms with van der Waals surface area (Å²) in [5, 5.41) is 8.94. The second-order valence-corrected chi connectivity index (χ2v) is 3.69. The summed E-state index contributed by atoms with van der Waals surface area (Å²) < 4.78 is 5.27. The molecule has 1 N–H and O–H groups in total. The highest BCUT2D eigenvalue weighted by molar-refractivity contribution is 4.74. The van der Waals surface area contributed by atoms with Crippen LogP contribution in [0.5, 0.6) is 0 Å². The Labute approximate surface area is 80.7 Å². The molecule has 0 bridgehead atoms. The zero-order valence-electron chi connectivity index (χ0n) is 8.54. The third-order valence-corrected chi connectivity index (χ3v) is 2.60. The Morgan fingerprint density at radius 1 is 1.54 bits per heavy atom. The molecule has 1 saturated heterocycles. The van der Waals surface area contributed by atoms with Crippen LogP contribution in [0.25, 0.3) is 0 Å². The monoisotopic (exact) mass is 187 g/mol. The van der Waals surface area contributed by atoms with Crippen LogP contribution in [0.1, 0.15) is 19.8 Å². The van der Waals surface area contributed by atoms with Crippen LogP contribution in [-0.2, 0) is 4.74 Å². The molecule has 1 fully saturated rings. The van der Waals surface area contributed by atoms with E-state index in [1.54, 1.807) is 0 Å². The largest absolute Gasteiger partial charge is 0.396 e. The van der Waals surface area contributed by atoms with E-state index < -0.39 is 0 Å². The van der Waals surface area contributed by atoms with Gasteiger partial charge in [-0.1, -0.05) is 0 Å². The quantitative estimate of drug-likeness (QED) is 0.622. The number of likely N-dealkylation sites (tertiary alicyclic amines) is 1. The Hall–Kier alpha value is -0.120. The smallest absolute Gasteiger partial charge is 0.0478 e. The normalized spacial score (nSPS) is 24.0. The van der Waals surface area contributed by atoms with E-state index in [1.165, 1.54) is 0 Å². The lowest BCUT2D eigenvalue weighted by molar-refractivity contribution is 0.134. The van der Waals surface area contributed by atoms with Crippen LogP contribution in [0.2, 0.25) is 0 Å². The lowest BCUT2D eigenvalue weighted by Gasteiger charge is -2.14. The van der Waals surface area contributed by atoms with Crippen molar-refractivity contribution in [3.8, 4) is 0 Å². The number of hydrogen-bond donors (Lipinski definition) is 1. The Balaban J connectivity index is 1.97. The van der Waals surface area contributed by atoms with Gasteiger partial charge in [0.25, 0.3) is 0 Å². The summed E-state index contributed by atoms with van der Waals surface area (Å²) in [4.78, 5) is 2.42. The van der Waals surface area contributed by atoms with Gasteiger partial charge in [-0.05, 0) is 32.2 Å². The first-order chi connectivity index (χ1) is 6.36. The molecule has 1 rings (SSSR count). The van der Waals surface area contributed by atoms with Gasteiger partial charge in [0.15, 0.2) is 0 Å². The van der Waals surface area contributed by atoms with Gasteiger partial charge in [-0.3, -0.25) is 0 Å². The van der Waals surface area contributed by atoms with Gasteiger partial charge in [0, 0.05) is 32.9 Å². The van der Waals surface area contributed by atoms with Crippen molar-refractivity contribution < 1.29 is 9.84 Å². The molecule has 0 aliphatic carbocycles. The summed E-state index contributed by atoms with van der Waals surface area (Å²) in [5.74, 6) is 0.520. The van der Waals surface area contributed by atoms with Crippen LogP contribution in [0.4, 0.5) is 0 Å². The molecule has 1 heterocycles. The van der Waals surface area contributed by atoms with Crippen molar-refractivity contribution in [2.75, 3.05) is 39.5 Å². The van der Waals surface area contributed by atoms with Crippen LogP contribution in [-0.4, -0.2) is 49.5 Å². The Kier molecular flexibility index (Phi) is 5.35. The molecule has 1 aliphatic heterocycles. The van der Waals surface area contributed by atoms with Crippen molar-refractivity contribution in [1.29, 1.82) is 0 Å². The highest BCUT2D eigenvalue weighted by atomic mass is 16.5. The fourth-order valence-corrected chi connectivity index (χ4v) is 1.80. The second-order valence-electron chi connectivity index (χ2n) is 3.69. The molecule has 0 spiro atoms. The minimum Gasteiger partial charge on any atom is -0.396 e. The maximum Gasteiger partial charge on any atom is 0.0478 e. The molecule has 0 aromatic heterocycles. The molecule has 0 radical (unpaired) electrons. The number of aliphatic hydroxyl groups is 1. The molecule has 3 nitrogen and oxygen atoms in total. The summed E-state index contributed by atoms with van der Waals surface area (Å²) in [7, 11) is 0. The van der Waals surface area contributed by atoms with Crippen LogP contribution in [0.3, 0.4) is 0 Å². The molecule has 13 heavy (non-hydrogen) atoms. The van der Waals surface area contributed by atoms with Crippen molar-refractivity contribution in [2.24, 2.45) is 5.92 Å². The Morgan fingerprint density at radius 2 is 2.38 bits per heavy atom. The number of hydrogen-bond acceptors (Lipinski definition) is 3. The third kappa shape index (κ3) is 4.07. The molecular weight excluding hydrogens is 166 g/mol. The topological polar surface area (TPSA) is 32.7 Å². The first-order valence-corrected chi connectivity index (χ1v) is 5.27. The van der Waals surface area contributed by atoms with E-state index in [-0.39, 0.29) is 0 Å². The average molecular weight is 187 g/mol. The minimum absolute atomic E-state index is 0.349. The molecular formula is C10H21NO2. The highest BCUT2D eigenvalue weighted by Gasteiger charge is 2.20. The van der Waals surface area contributed by atoms with Gasteiger partial charge in [-0.15, -0.1) is 0 Å². The molecule has 1 aliphatic rings. The first-order valence-electron chi connectivity index (χ1n) is 5.27. The number of rotatable bonds is 6. The van der Waals surface area contributed by atoms with Crippen LogP contribution in [0, 0.1) is 5.92 Å². The predicted octanol–water partition coefficient (Wildman–Crippen LogP) is 0.727. The standard InChI is InChI=1S/C10H21NO2/c1-2-13-7-3-5-11-6-4-10(8-11)9-12/h10,12H,2-9H2,1H3. The summed E-state index contributed by atoms with van der Waals surface area (Å²) in [5.41, 5.74) is 0. The Bertz CT molecular complexity index is 130. The van der Waals surface area contributed by atoms with Gasteiger partial charge in [0.2, 0.25) is 0 Å². The fourth-order valence-electron chi connectivity index (χ4n) is 1.80. The lowest BCUT2D eigenvalue weighted by atomic mass is 10.1. The van der Waals surface area contributed by atoms with Crippen LogP contribution < -0.4 is 0 Å². The lowest BCUT2D eigenvalue weighted by Crippen LogP contribution is -2.23. The van der Waals surface area contributed by atoms with E-state index in [2.05, 4.69) is 4.90 Å². The van der Waals surface area contributed by atoms with Gasteiger partial charge in [-0.2, -0.15) is 0 Å². The summed E-state index contributed by atoms with van der Waals surface area (Å²) >= 11 is 0. The molecule has 3 heteroatoms. The van der Waals surface area contributed by atoms with Crippen molar-refractivity contribution in [3.05, 3.63) is 0 Å². The van der Waals surface area contributed by atoms with E-state index >= 15 is 0 Å².